The van der Waals surface area contributed by atoms with Gasteiger partial charge in [-0.25, -0.2) is 9.98 Å². The second kappa shape index (κ2) is 4.79. The van der Waals surface area contributed by atoms with E-state index in [4.69, 9.17) is 9.47 Å². The van der Waals surface area contributed by atoms with E-state index in [9.17, 15) is 9.59 Å². The Bertz CT molecular complexity index is 531. The van der Waals surface area contributed by atoms with Gasteiger partial charge in [-0.2, -0.15) is 0 Å². The number of hydrogen-bond acceptors (Lipinski definition) is 6. The quantitative estimate of drug-likeness (QED) is 0.459. The second-order valence-corrected chi connectivity index (χ2v) is 4.64. The highest BCUT2D eigenvalue weighted by molar-refractivity contribution is 6.10. The van der Waals surface area contributed by atoms with Gasteiger partial charge in [0.05, 0.1) is 0 Å². The number of cyclic esters (lactones) is 2. The molecule has 1 fully saturated rings. The molecule has 0 amide bonds. The molecule has 2 rings (SSSR count). The van der Waals surface area contributed by atoms with Crippen LogP contribution in [-0.2, 0) is 19.1 Å². The fourth-order valence-electron chi connectivity index (χ4n) is 1.60. The topological polar surface area (TPSA) is 77.9 Å². The van der Waals surface area contributed by atoms with Gasteiger partial charge in [-0.1, -0.05) is 6.07 Å². The normalized spacial score (nSPS) is 19.3. The number of hydrogen-bond donors (Lipinski definition) is 0. The molecular formula is C13H14N2O4. The van der Waals surface area contributed by atoms with Gasteiger partial charge in [0.2, 0.25) is 0 Å². The number of aliphatic imine (C=N–C) groups is 1. The Hall–Kier alpha value is -2.24. The molecule has 0 atom stereocenters. The van der Waals surface area contributed by atoms with Crippen LogP contribution in [0, 0.1) is 12.8 Å². The highest BCUT2D eigenvalue weighted by atomic mass is 16.7. The molecule has 1 aromatic heterocycles. The predicted molar refractivity (Wildman–Crippen MR) is 66.9 cm³/mol. The number of carbonyl (C=O) groups excluding carboxylic acids is 2. The number of esters is 2. The molecule has 0 radical (unpaired) electrons. The van der Waals surface area contributed by atoms with Crippen LogP contribution < -0.4 is 0 Å². The Kier molecular flexibility index (Phi) is 3.33. The van der Waals surface area contributed by atoms with E-state index in [2.05, 4.69) is 9.98 Å². The Morgan fingerprint density at radius 1 is 1.26 bits per heavy atom. The molecule has 0 unspecified atom stereocenters. The molecule has 0 saturated carbocycles. The fraction of sp³-hybridized carbons (Fsp3) is 0.385. The monoisotopic (exact) mass is 262 g/mol. The summed E-state index contributed by atoms with van der Waals surface area (Å²) in [6.45, 7) is 4.82. The minimum Gasteiger partial charge on any atom is -0.422 e. The van der Waals surface area contributed by atoms with Crippen molar-refractivity contribution in [3.8, 4) is 0 Å². The summed E-state index contributed by atoms with van der Waals surface area (Å²) < 4.78 is 9.95. The molecule has 6 nitrogen and oxygen atoms in total. The number of carbonyl (C=O) groups is 2. The van der Waals surface area contributed by atoms with Gasteiger partial charge in [-0.3, -0.25) is 9.59 Å². The molecule has 6 heteroatoms. The van der Waals surface area contributed by atoms with Crippen molar-refractivity contribution < 1.29 is 19.1 Å². The predicted octanol–water partition coefficient (Wildman–Crippen LogP) is 1.54. The molecule has 1 aliphatic heterocycles. The number of nitrogens with zero attached hydrogens (tertiary/aromatic N) is 2. The van der Waals surface area contributed by atoms with Gasteiger partial charge >= 0.3 is 11.9 Å². The number of aryl methyl sites for hydroxylation is 1. The summed E-state index contributed by atoms with van der Waals surface area (Å²) in [5.41, 5.74) is 0.796. The zero-order valence-corrected chi connectivity index (χ0v) is 10.9. The van der Waals surface area contributed by atoms with Crippen molar-refractivity contribution in [3.63, 3.8) is 0 Å². The molecule has 100 valence electrons. The zero-order chi connectivity index (χ0) is 14.0. The summed E-state index contributed by atoms with van der Waals surface area (Å²) >= 11 is 0. The van der Waals surface area contributed by atoms with E-state index in [0.717, 1.165) is 5.69 Å². The molecule has 0 bridgehead atoms. The summed E-state index contributed by atoms with van der Waals surface area (Å²) in [7, 11) is 0. The number of pyridine rings is 1. The summed E-state index contributed by atoms with van der Waals surface area (Å²) in [6.07, 6.45) is 1.20. The van der Waals surface area contributed by atoms with E-state index in [0.29, 0.717) is 5.82 Å². The van der Waals surface area contributed by atoms with Crippen LogP contribution in [0.3, 0.4) is 0 Å². The van der Waals surface area contributed by atoms with Crippen molar-refractivity contribution in [3.05, 3.63) is 23.9 Å². The molecule has 19 heavy (non-hydrogen) atoms. The van der Waals surface area contributed by atoms with E-state index >= 15 is 0 Å². The van der Waals surface area contributed by atoms with Gasteiger partial charge in [0.1, 0.15) is 0 Å². The maximum absolute atomic E-state index is 11.7. The van der Waals surface area contributed by atoms with Crippen molar-refractivity contribution >= 4 is 24.0 Å². The smallest absolute Gasteiger partial charge is 0.329 e. The minimum atomic E-state index is -1.22. The first kappa shape index (κ1) is 13.2. The molecule has 0 spiro atoms. The van der Waals surface area contributed by atoms with Crippen LogP contribution in [0.4, 0.5) is 5.82 Å². The van der Waals surface area contributed by atoms with Crippen LogP contribution in [0.1, 0.15) is 19.5 Å². The zero-order valence-electron chi connectivity index (χ0n) is 10.9. The van der Waals surface area contributed by atoms with Gasteiger partial charge in [0.25, 0.3) is 5.79 Å². The second-order valence-electron chi connectivity index (χ2n) is 4.64. The van der Waals surface area contributed by atoms with Crippen molar-refractivity contribution in [2.45, 2.75) is 26.6 Å². The lowest BCUT2D eigenvalue weighted by atomic mass is 10.1. The van der Waals surface area contributed by atoms with Crippen LogP contribution >= 0.6 is 0 Å². The third-order valence-electron chi connectivity index (χ3n) is 2.43. The van der Waals surface area contributed by atoms with Gasteiger partial charge < -0.3 is 9.47 Å². The summed E-state index contributed by atoms with van der Waals surface area (Å²) in [4.78, 5) is 31.5. The first-order valence-electron chi connectivity index (χ1n) is 5.81. The highest BCUT2D eigenvalue weighted by Gasteiger charge is 2.42. The fourth-order valence-corrected chi connectivity index (χ4v) is 1.60. The molecule has 1 saturated heterocycles. The van der Waals surface area contributed by atoms with E-state index in [1.54, 1.807) is 12.1 Å². The van der Waals surface area contributed by atoms with Crippen LogP contribution in [0.15, 0.2) is 23.2 Å². The third-order valence-corrected chi connectivity index (χ3v) is 2.43. The molecule has 0 N–H and O–H groups in total. The Labute approximate surface area is 110 Å². The highest BCUT2D eigenvalue weighted by Crippen LogP contribution is 2.22. The van der Waals surface area contributed by atoms with E-state index in [1.165, 1.54) is 20.1 Å². The first-order chi connectivity index (χ1) is 8.87. The molecule has 0 aliphatic carbocycles. The van der Waals surface area contributed by atoms with Gasteiger partial charge in [0, 0.05) is 25.8 Å². The van der Waals surface area contributed by atoms with Crippen molar-refractivity contribution in [1.82, 2.24) is 4.98 Å². The lowest BCUT2D eigenvalue weighted by Gasteiger charge is -2.31. The maximum atomic E-state index is 11.7. The van der Waals surface area contributed by atoms with Crippen molar-refractivity contribution in [1.29, 1.82) is 0 Å². The first-order valence-corrected chi connectivity index (χ1v) is 5.81. The Balaban J connectivity index is 2.15. The SMILES string of the molecule is Cc1cccc(/N=C/C2C(=O)OC(C)(C)OC2=O)n1. The van der Waals surface area contributed by atoms with Crippen molar-refractivity contribution in [2.75, 3.05) is 0 Å². The Morgan fingerprint density at radius 3 is 2.47 bits per heavy atom. The van der Waals surface area contributed by atoms with E-state index in [1.807, 2.05) is 13.0 Å². The van der Waals surface area contributed by atoms with E-state index in [-0.39, 0.29) is 0 Å². The number of aromatic nitrogens is 1. The van der Waals surface area contributed by atoms with Crippen LogP contribution in [0.25, 0.3) is 0 Å². The van der Waals surface area contributed by atoms with Crippen LogP contribution in [0.5, 0.6) is 0 Å². The van der Waals surface area contributed by atoms with E-state index < -0.39 is 23.6 Å². The maximum Gasteiger partial charge on any atom is 0.329 e. The van der Waals surface area contributed by atoms with Crippen LogP contribution in [0.2, 0.25) is 0 Å². The standard InChI is InChI=1S/C13H14N2O4/c1-8-5-4-6-10(15-8)14-7-9-11(16)18-13(2,3)19-12(9)17/h4-7,9H,1-3H3/b14-7+. The van der Waals surface area contributed by atoms with Gasteiger partial charge in [-0.15, -0.1) is 0 Å². The Morgan fingerprint density at radius 2 is 1.89 bits per heavy atom. The average Bonchev–Trinajstić information content (AvgIpc) is 2.26. The van der Waals surface area contributed by atoms with Crippen LogP contribution in [-0.4, -0.2) is 28.9 Å². The average molecular weight is 262 g/mol. The summed E-state index contributed by atoms with van der Waals surface area (Å²) in [6, 6.07) is 5.28. The minimum absolute atomic E-state index is 0.422. The molecule has 1 aromatic rings. The molecule has 2 heterocycles. The number of ether oxygens (including phenoxy) is 2. The van der Waals surface area contributed by atoms with Gasteiger partial charge in [-0.05, 0) is 19.1 Å². The third kappa shape index (κ3) is 3.15. The number of rotatable bonds is 2. The summed E-state index contributed by atoms with van der Waals surface area (Å²) in [5, 5.41) is 0. The summed E-state index contributed by atoms with van der Waals surface area (Å²) in [5.74, 6) is -3.28. The van der Waals surface area contributed by atoms with Crippen molar-refractivity contribution in [2.24, 2.45) is 10.9 Å². The molecule has 1 aliphatic rings. The lowest BCUT2D eigenvalue weighted by molar-refractivity contribution is -0.235. The largest absolute Gasteiger partial charge is 0.422 e. The lowest BCUT2D eigenvalue weighted by Crippen LogP contribution is -2.46. The van der Waals surface area contributed by atoms with Gasteiger partial charge in [0.15, 0.2) is 11.7 Å². The molecular weight excluding hydrogens is 248 g/mol. The molecule has 0 aromatic carbocycles.